The summed E-state index contributed by atoms with van der Waals surface area (Å²) in [6, 6.07) is 2.81. The van der Waals surface area contributed by atoms with Crippen LogP contribution in [0.25, 0.3) is 0 Å². The average molecular weight is 303 g/mol. The maximum atomic E-state index is 6.16. The summed E-state index contributed by atoms with van der Waals surface area (Å²) in [5.41, 5.74) is 6.16. The Morgan fingerprint density at radius 3 is 2.56 bits per heavy atom. The van der Waals surface area contributed by atoms with Crippen LogP contribution in [0.15, 0.2) is 15.9 Å². The zero-order valence-corrected chi connectivity index (χ0v) is 12.1. The second-order valence-electron chi connectivity index (χ2n) is 4.57. The first-order valence-corrected chi connectivity index (χ1v) is 7.59. The normalized spacial score (nSPS) is 21.9. The summed E-state index contributed by atoms with van der Waals surface area (Å²) in [6.45, 7) is 4.51. The van der Waals surface area contributed by atoms with Crippen LogP contribution >= 0.6 is 27.3 Å². The molecule has 1 aromatic heterocycles. The van der Waals surface area contributed by atoms with Gasteiger partial charge in [0.25, 0.3) is 0 Å². The quantitative estimate of drug-likeness (QED) is 0.927. The van der Waals surface area contributed by atoms with Crippen LogP contribution in [-0.4, -0.2) is 24.0 Å². The summed E-state index contributed by atoms with van der Waals surface area (Å²) >= 11 is 5.34. The molecule has 0 amide bonds. The molecule has 1 aliphatic heterocycles. The van der Waals surface area contributed by atoms with Crippen LogP contribution in [0, 0.1) is 0 Å². The van der Waals surface area contributed by atoms with Crippen molar-refractivity contribution in [1.82, 2.24) is 4.90 Å². The van der Waals surface area contributed by atoms with Crippen molar-refractivity contribution in [2.45, 2.75) is 38.3 Å². The molecule has 0 radical (unpaired) electrons. The summed E-state index contributed by atoms with van der Waals surface area (Å²) in [7, 11) is 0. The van der Waals surface area contributed by atoms with Crippen LogP contribution < -0.4 is 5.73 Å². The summed E-state index contributed by atoms with van der Waals surface area (Å²) in [5.74, 6) is 0. The number of hydrogen-bond donors (Lipinski definition) is 1. The lowest BCUT2D eigenvalue weighted by Crippen LogP contribution is -2.41. The molecule has 0 bridgehead atoms. The van der Waals surface area contributed by atoms with E-state index in [1.165, 1.54) is 41.7 Å². The summed E-state index contributed by atoms with van der Waals surface area (Å²) in [5, 5.41) is 2.15. The van der Waals surface area contributed by atoms with Gasteiger partial charge in [-0.2, -0.15) is 0 Å². The van der Waals surface area contributed by atoms with E-state index in [1.807, 2.05) is 11.3 Å². The van der Waals surface area contributed by atoms with E-state index in [4.69, 9.17) is 5.73 Å². The highest BCUT2D eigenvalue weighted by atomic mass is 79.9. The van der Waals surface area contributed by atoms with Gasteiger partial charge in [-0.3, -0.25) is 4.90 Å². The van der Waals surface area contributed by atoms with Crippen molar-refractivity contribution in [1.29, 1.82) is 0 Å². The van der Waals surface area contributed by atoms with E-state index < -0.39 is 0 Å². The topological polar surface area (TPSA) is 29.3 Å². The number of hydrogen-bond acceptors (Lipinski definition) is 3. The smallest absolute Gasteiger partial charge is 0.0591 e. The van der Waals surface area contributed by atoms with Crippen LogP contribution in [0.5, 0.6) is 0 Å². The van der Waals surface area contributed by atoms with Gasteiger partial charge in [0.05, 0.1) is 6.04 Å². The van der Waals surface area contributed by atoms with E-state index in [1.54, 1.807) is 0 Å². The zero-order chi connectivity index (χ0) is 11.5. The Hall–Kier alpha value is 0.1000. The second-order valence-corrected chi connectivity index (χ2v) is 6.43. The molecule has 1 aromatic rings. The van der Waals surface area contributed by atoms with Gasteiger partial charge >= 0.3 is 0 Å². The standard InChI is InChI=1S/C12H19BrN2S/c1-9(14)12(11-7-10(13)8-16-11)15-5-3-2-4-6-15/h7-9,12H,2-6,14H2,1H3. The molecule has 0 saturated carbocycles. The molecule has 4 heteroatoms. The van der Waals surface area contributed by atoms with E-state index in [0.717, 1.165) is 0 Å². The van der Waals surface area contributed by atoms with E-state index in [9.17, 15) is 0 Å². The molecule has 16 heavy (non-hydrogen) atoms. The van der Waals surface area contributed by atoms with Crippen molar-refractivity contribution in [3.63, 3.8) is 0 Å². The predicted molar refractivity (Wildman–Crippen MR) is 73.8 cm³/mol. The van der Waals surface area contributed by atoms with Crippen LogP contribution in [0.4, 0.5) is 0 Å². The number of thiophene rings is 1. The Bertz CT molecular complexity index is 332. The van der Waals surface area contributed by atoms with Crippen molar-refractivity contribution >= 4 is 27.3 Å². The Balaban J connectivity index is 2.16. The van der Waals surface area contributed by atoms with Gasteiger partial charge in [-0.05, 0) is 54.9 Å². The third-order valence-corrected chi connectivity index (χ3v) is 4.93. The Morgan fingerprint density at radius 2 is 2.06 bits per heavy atom. The minimum absolute atomic E-state index is 0.198. The van der Waals surface area contributed by atoms with Crippen LogP contribution in [0.1, 0.15) is 37.1 Å². The van der Waals surface area contributed by atoms with E-state index in [2.05, 4.69) is 39.2 Å². The molecule has 1 saturated heterocycles. The highest BCUT2D eigenvalue weighted by Gasteiger charge is 2.26. The van der Waals surface area contributed by atoms with Gasteiger partial charge in [0.15, 0.2) is 0 Å². The highest BCUT2D eigenvalue weighted by Crippen LogP contribution is 2.32. The van der Waals surface area contributed by atoms with Gasteiger partial charge in [-0.25, -0.2) is 0 Å². The first-order chi connectivity index (χ1) is 7.68. The van der Waals surface area contributed by atoms with E-state index >= 15 is 0 Å². The number of piperidine rings is 1. The van der Waals surface area contributed by atoms with Gasteiger partial charge in [0.1, 0.15) is 0 Å². The zero-order valence-electron chi connectivity index (χ0n) is 9.66. The molecular formula is C12H19BrN2S. The first-order valence-electron chi connectivity index (χ1n) is 5.92. The van der Waals surface area contributed by atoms with Gasteiger partial charge < -0.3 is 5.73 Å². The van der Waals surface area contributed by atoms with Crippen molar-refractivity contribution in [2.24, 2.45) is 5.73 Å². The fourth-order valence-corrected chi connectivity index (χ4v) is 4.14. The molecule has 2 rings (SSSR count). The van der Waals surface area contributed by atoms with E-state index in [0.29, 0.717) is 6.04 Å². The molecule has 0 aliphatic carbocycles. The summed E-state index contributed by atoms with van der Waals surface area (Å²) in [6.07, 6.45) is 4.00. The molecule has 1 fully saturated rings. The predicted octanol–water partition coefficient (Wildman–Crippen LogP) is 3.38. The molecular weight excluding hydrogens is 284 g/mol. The maximum Gasteiger partial charge on any atom is 0.0591 e. The Labute approximate surface area is 110 Å². The molecule has 0 aromatic carbocycles. The van der Waals surface area contributed by atoms with E-state index in [-0.39, 0.29) is 6.04 Å². The van der Waals surface area contributed by atoms with Gasteiger partial charge in [-0.1, -0.05) is 6.42 Å². The maximum absolute atomic E-state index is 6.16. The van der Waals surface area contributed by atoms with Crippen LogP contribution in [0.2, 0.25) is 0 Å². The number of halogens is 1. The lowest BCUT2D eigenvalue weighted by Gasteiger charge is -2.36. The second kappa shape index (κ2) is 5.63. The van der Waals surface area contributed by atoms with Gasteiger partial charge in [-0.15, -0.1) is 11.3 Å². The van der Waals surface area contributed by atoms with Gasteiger partial charge in [0, 0.05) is 20.8 Å². The molecule has 2 unspecified atom stereocenters. The number of rotatable bonds is 3. The molecule has 2 N–H and O–H groups in total. The third-order valence-electron chi connectivity index (χ3n) is 3.16. The minimum Gasteiger partial charge on any atom is -0.326 e. The van der Waals surface area contributed by atoms with Crippen molar-refractivity contribution in [2.75, 3.05) is 13.1 Å². The SMILES string of the molecule is CC(N)C(c1cc(Br)cs1)N1CCCCC1. The number of nitrogens with zero attached hydrogens (tertiary/aromatic N) is 1. The largest absolute Gasteiger partial charge is 0.326 e. The van der Waals surface area contributed by atoms with Crippen LogP contribution in [0.3, 0.4) is 0 Å². The van der Waals surface area contributed by atoms with Crippen LogP contribution in [-0.2, 0) is 0 Å². The molecule has 2 heterocycles. The fourth-order valence-electron chi connectivity index (χ4n) is 2.45. The molecule has 1 aliphatic rings. The lowest BCUT2D eigenvalue weighted by molar-refractivity contribution is 0.149. The number of likely N-dealkylation sites (tertiary alicyclic amines) is 1. The monoisotopic (exact) mass is 302 g/mol. The highest BCUT2D eigenvalue weighted by molar-refractivity contribution is 9.10. The first kappa shape index (κ1) is 12.6. The average Bonchev–Trinajstić information content (AvgIpc) is 2.66. The Kier molecular flexibility index (Phi) is 4.41. The fraction of sp³-hybridized carbons (Fsp3) is 0.667. The molecule has 0 spiro atoms. The van der Waals surface area contributed by atoms with Crippen molar-refractivity contribution < 1.29 is 0 Å². The van der Waals surface area contributed by atoms with Crippen molar-refractivity contribution in [3.05, 3.63) is 20.8 Å². The third kappa shape index (κ3) is 2.86. The van der Waals surface area contributed by atoms with Crippen molar-refractivity contribution in [3.8, 4) is 0 Å². The summed E-state index contributed by atoms with van der Waals surface area (Å²) < 4.78 is 1.18. The minimum atomic E-state index is 0.198. The number of nitrogens with two attached hydrogens (primary N) is 1. The Morgan fingerprint density at radius 1 is 1.38 bits per heavy atom. The lowest BCUT2D eigenvalue weighted by atomic mass is 10.0. The molecule has 2 atom stereocenters. The summed E-state index contributed by atoms with van der Waals surface area (Å²) in [4.78, 5) is 3.94. The van der Waals surface area contributed by atoms with Gasteiger partial charge in [0.2, 0.25) is 0 Å². The molecule has 90 valence electrons. The molecule has 2 nitrogen and oxygen atoms in total.